The second-order valence-electron chi connectivity index (χ2n) is 2.96. The molecule has 0 aromatic carbocycles. The fourth-order valence-corrected chi connectivity index (χ4v) is 1.94. The largest absolute Gasteiger partial charge is 0.300 e. The number of thiophene rings is 1. The number of rotatable bonds is 6. The molecule has 13 heavy (non-hydrogen) atoms. The van der Waals surface area contributed by atoms with E-state index in [1.54, 1.807) is 11.3 Å². The van der Waals surface area contributed by atoms with Gasteiger partial charge in [0.1, 0.15) is 5.78 Å². The lowest BCUT2D eigenvalue weighted by atomic mass is 10.1. The van der Waals surface area contributed by atoms with Crippen LogP contribution in [0.1, 0.15) is 24.8 Å². The third-order valence-electron chi connectivity index (χ3n) is 1.86. The summed E-state index contributed by atoms with van der Waals surface area (Å²) in [6.45, 7) is 0. The molecule has 0 aliphatic carbocycles. The molecular formula is C10H13ClOS. The van der Waals surface area contributed by atoms with E-state index in [0.29, 0.717) is 24.5 Å². The molecule has 3 heteroatoms. The van der Waals surface area contributed by atoms with E-state index in [2.05, 4.69) is 11.4 Å². The summed E-state index contributed by atoms with van der Waals surface area (Å²) in [5.41, 5.74) is 1.27. The van der Waals surface area contributed by atoms with Gasteiger partial charge in [0.05, 0.1) is 0 Å². The van der Waals surface area contributed by atoms with Crippen LogP contribution in [-0.2, 0) is 11.2 Å². The molecule has 72 valence electrons. The summed E-state index contributed by atoms with van der Waals surface area (Å²) in [5.74, 6) is 0.913. The van der Waals surface area contributed by atoms with Crippen molar-refractivity contribution in [2.75, 3.05) is 5.88 Å². The number of aryl methyl sites for hydroxylation is 1. The predicted molar refractivity (Wildman–Crippen MR) is 57.6 cm³/mol. The first-order valence-corrected chi connectivity index (χ1v) is 5.89. The van der Waals surface area contributed by atoms with Crippen molar-refractivity contribution in [3.05, 3.63) is 22.4 Å². The van der Waals surface area contributed by atoms with Gasteiger partial charge in [-0.2, -0.15) is 11.3 Å². The number of Topliss-reactive ketones (excluding diaryl/α,β-unsaturated/α-hetero) is 1. The zero-order valence-electron chi connectivity index (χ0n) is 7.46. The minimum atomic E-state index is 0.326. The van der Waals surface area contributed by atoms with Gasteiger partial charge in [-0.1, -0.05) is 0 Å². The van der Waals surface area contributed by atoms with Crippen LogP contribution in [0.3, 0.4) is 0 Å². The first-order valence-electron chi connectivity index (χ1n) is 4.41. The molecule has 0 spiro atoms. The van der Waals surface area contributed by atoms with E-state index in [1.807, 2.05) is 5.38 Å². The number of hydrogen-bond donors (Lipinski definition) is 0. The van der Waals surface area contributed by atoms with E-state index < -0.39 is 0 Å². The molecule has 0 N–H and O–H groups in total. The third-order valence-corrected chi connectivity index (χ3v) is 2.86. The van der Waals surface area contributed by atoms with Crippen LogP contribution in [0.4, 0.5) is 0 Å². The number of ketones is 1. The van der Waals surface area contributed by atoms with Gasteiger partial charge in [0.25, 0.3) is 0 Å². The molecule has 0 amide bonds. The number of carbonyl (C=O) groups is 1. The maximum Gasteiger partial charge on any atom is 0.133 e. The van der Waals surface area contributed by atoms with E-state index in [4.69, 9.17) is 11.6 Å². The molecule has 0 radical (unpaired) electrons. The predicted octanol–water partition coefficient (Wildman–Crippen LogP) is 3.27. The summed E-state index contributed by atoms with van der Waals surface area (Å²) in [7, 11) is 0. The molecule has 0 bridgehead atoms. The van der Waals surface area contributed by atoms with Crippen LogP contribution in [0.15, 0.2) is 16.8 Å². The molecule has 0 atom stereocenters. The Hall–Kier alpha value is -0.340. The lowest BCUT2D eigenvalue weighted by Gasteiger charge is -1.97. The smallest absolute Gasteiger partial charge is 0.133 e. The zero-order chi connectivity index (χ0) is 9.52. The van der Waals surface area contributed by atoms with Crippen LogP contribution in [0.25, 0.3) is 0 Å². The van der Waals surface area contributed by atoms with E-state index in [9.17, 15) is 4.79 Å². The summed E-state index contributed by atoms with van der Waals surface area (Å²) in [6, 6.07) is 2.07. The summed E-state index contributed by atoms with van der Waals surface area (Å²) in [4.78, 5) is 11.2. The first-order chi connectivity index (χ1) is 6.33. The molecule has 1 heterocycles. The Labute approximate surface area is 87.7 Å². The molecule has 1 rings (SSSR count). The van der Waals surface area contributed by atoms with Crippen LogP contribution >= 0.6 is 22.9 Å². The maximum absolute atomic E-state index is 11.2. The molecule has 0 saturated heterocycles. The Morgan fingerprint density at radius 3 is 2.92 bits per heavy atom. The number of halogens is 1. The van der Waals surface area contributed by atoms with Gasteiger partial charge in [-0.15, -0.1) is 11.6 Å². The Bertz CT molecular complexity index is 243. The van der Waals surface area contributed by atoms with Crippen molar-refractivity contribution in [2.45, 2.75) is 25.7 Å². The van der Waals surface area contributed by atoms with E-state index in [1.165, 1.54) is 5.56 Å². The minimum absolute atomic E-state index is 0.326. The molecule has 0 unspecified atom stereocenters. The van der Waals surface area contributed by atoms with Crippen LogP contribution in [-0.4, -0.2) is 11.7 Å². The van der Waals surface area contributed by atoms with Crippen molar-refractivity contribution < 1.29 is 4.79 Å². The highest BCUT2D eigenvalue weighted by molar-refractivity contribution is 7.07. The van der Waals surface area contributed by atoms with Crippen LogP contribution in [0.5, 0.6) is 0 Å². The molecule has 1 aromatic heterocycles. The van der Waals surface area contributed by atoms with Gasteiger partial charge < -0.3 is 0 Å². The summed E-state index contributed by atoms with van der Waals surface area (Å²) >= 11 is 7.17. The second kappa shape index (κ2) is 6.17. The minimum Gasteiger partial charge on any atom is -0.300 e. The van der Waals surface area contributed by atoms with Crippen LogP contribution in [0, 0.1) is 0 Å². The number of carbonyl (C=O) groups excluding carboxylic acids is 1. The molecule has 0 aliphatic rings. The maximum atomic E-state index is 11.2. The average Bonchev–Trinajstić information content (AvgIpc) is 2.64. The zero-order valence-corrected chi connectivity index (χ0v) is 9.03. The van der Waals surface area contributed by atoms with Crippen molar-refractivity contribution >= 4 is 28.7 Å². The normalized spacial score (nSPS) is 10.2. The Morgan fingerprint density at radius 2 is 2.31 bits per heavy atom. The van der Waals surface area contributed by atoms with Crippen molar-refractivity contribution in [1.82, 2.24) is 0 Å². The van der Waals surface area contributed by atoms with E-state index in [-0.39, 0.29) is 0 Å². The van der Waals surface area contributed by atoms with Gasteiger partial charge in [0.15, 0.2) is 0 Å². The average molecular weight is 217 g/mol. The fourth-order valence-electron chi connectivity index (χ4n) is 1.11. The van der Waals surface area contributed by atoms with Gasteiger partial charge >= 0.3 is 0 Å². The van der Waals surface area contributed by atoms with Crippen molar-refractivity contribution in [3.63, 3.8) is 0 Å². The van der Waals surface area contributed by atoms with Crippen LogP contribution < -0.4 is 0 Å². The standard InChI is InChI=1S/C10H13ClOS/c11-6-1-2-10(12)4-3-9-5-7-13-8-9/h5,7-8H,1-4,6H2. The molecular weight excluding hydrogens is 204 g/mol. The van der Waals surface area contributed by atoms with Crippen molar-refractivity contribution in [2.24, 2.45) is 0 Å². The molecule has 0 saturated carbocycles. The molecule has 1 nitrogen and oxygen atoms in total. The first kappa shape index (κ1) is 10.7. The monoisotopic (exact) mass is 216 g/mol. The van der Waals surface area contributed by atoms with Crippen LogP contribution in [0.2, 0.25) is 0 Å². The molecule has 0 fully saturated rings. The van der Waals surface area contributed by atoms with Gasteiger partial charge in [-0.3, -0.25) is 4.79 Å². The van der Waals surface area contributed by atoms with Gasteiger partial charge in [0, 0.05) is 18.7 Å². The molecule has 1 aromatic rings. The van der Waals surface area contributed by atoms with Crippen molar-refractivity contribution in [1.29, 1.82) is 0 Å². The summed E-state index contributed by atoms with van der Waals surface area (Å²) in [6.07, 6.45) is 2.98. The third kappa shape index (κ3) is 4.44. The van der Waals surface area contributed by atoms with E-state index >= 15 is 0 Å². The van der Waals surface area contributed by atoms with Gasteiger partial charge in [-0.25, -0.2) is 0 Å². The number of alkyl halides is 1. The Kier molecular flexibility index (Phi) is 5.09. The lowest BCUT2D eigenvalue weighted by Crippen LogP contribution is -1.99. The molecule has 0 aliphatic heterocycles. The van der Waals surface area contributed by atoms with Crippen molar-refractivity contribution in [3.8, 4) is 0 Å². The second-order valence-corrected chi connectivity index (χ2v) is 4.12. The Balaban J connectivity index is 2.15. The quantitative estimate of drug-likeness (QED) is 0.668. The highest BCUT2D eigenvalue weighted by Gasteiger charge is 2.02. The fraction of sp³-hybridized carbons (Fsp3) is 0.500. The number of hydrogen-bond acceptors (Lipinski definition) is 2. The SMILES string of the molecule is O=C(CCCCl)CCc1ccsc1. The summed E-state index contributed by atoms with van der Waals surface area (Å²) in [5, 5.41) is 4.13. The van der Waals surface area contributed by atoms with E-state index in [0.717, 1.165) is 12.8 Å². The summed E-state index contributed by atoms with van der Waals surface area (Å²) < 4.78 is 0. The topological polar surface area (TPSA) is 17.1 Å². The van der Waals surface area contributed by atoms with Gasteiger partial charge in [0.2, 0.25) is 0 Å². The lowest BCUT2D eigenvalue weighted by molar-refractivity contribution is -0.119. The Morgan fingerprint density at radius 1 is 1.46 bits per heavy atom. The highest BCUT2D eigenvalue weighted by atomic mass is 35.5. The van der Waals surface area contributed by atoms with Gasteiger partial charge in [-0.05, 0) is 35.2 Å². The highest BCUT2D eigenvalue weighted by Crippen LogP contribution is 2.09.